The molecule has 1 aliphatic rings. The van der Waals surface area contributed by atoms with E-state index in [2.05, 4.69) is 32.0 Å². The quantitative estimate of drug-likeness (QED) is 0.756. The van der Waals surface area contributed by atoms with Crippen LogP contribution in [0.3, 0.4) is 0 Å². The van der Waals surface area contributed by atoms with Crippen LogP contribution in [0.15, 0.2) is 18.2 Å². The normalized spacial score (nSPS) is 16.3. The van der Waals surface area contributed by atoms with Crippen LogP contribution in [0.1, 0.15) is 49.7 Å². The van der Waals surface area contributed by atoms with Crippen LogP contribution in [-0.4, -0.2) is 26.2 Å². The van der Waals surface area contributed by atoms with Gasteiger partial charge in [0.15, 0.2) is 0 Å². The van der Waals surface area contributed by atoms with Crippen LogP contribution < -0.4 is 9.64 Å². The van der Waals surface area contributed by atoms with Gasteiger partial charge in [-0.15, -0.1) is 0 Å². The van der Waals surface area contributed by atoms with E-state index < -0.39 is 0 Å². The van der Waals surface area contributed by atoms with Crippen molar-refractivity contribution in [3.63, 3.8) is 0 Å². The number of rotatable bonds is 7. The molecule has 1 aromatic rings. The molecule has 1 fully saturated rings. The summed E-state index contributed by atoms with van der Waals surface area (Å²) in [6.45, 7) is 9.28. The number of para-hydroxylation sites is 1. The molecule has 0 unspecified atom stereocenters. The van der Waals surface area contributed by atoms with E-state index in [-0.39, 0.29) is 0 Å². The molecule has 112 valence electrons. The largest absolute Gasteiger partial charge is 0.493 e. The number of hydrogen-bond acceptors (Lipinski definition) is 1. The molecule has 0 spiro atoms. The second-order valence-electron chi connectivity index (χ2n) is 6.19. The van der Waals surface area contributed by atoms with Crippen LogP contribution in [0, 0.1) is 13.8 Å². The molecule has 1 saturated heterocycles. The van der Waals surface area contributed by atoms with E-state index in [0.29, 0.717) is 0 Å². The second-order valence-corrected chi connectivity index (χ2v) is 6.19. The number of hydrogen-bond donors (Lipinski definition) is 1. The Morgan fingerprint density at radius 2 is 1.65 bits per heavy atom. The Labute approximate surface area is 124 Å². The van der Waals surface area contributed by atoms with Gasteiger partial charge in [0.05, 0.1) is 26.2 Å². The predicted octanol–water partition coefficient (Wildman–Crippen LogP) is 2.92. The molecule has 2 heteroatoms. The summed E-state index contributed by atoms with van der Waals surface area (Å²) in [6.07, 6.45) is 8.16. The van der Waals surface area contributed by atoms with Gasteiger partial charge in [0.2, 0.25) is 0 Å². The first-order valence-electron chi connectivity index (χ1n) is 8.30. The molecule has 1 N–H and O–H groups in total. The van der Waals surface area contributed by atoms with Crippen LogP contribution in [0.4, 0.5) is 0 Å². The minimum Gasteiger partial charge on any atom is -0.493 e. The number of ether oxygens (including phenoxy) is 1. The van der Waals surface area contributed by atoms with Gasteiger partial charge in [-0.25, -0.2) is 0 Å². The topological polar surface area (TPSA) is 13.7 Å². The van der Waals surface area contributed by atoms with Gasteiger partial charge in [-0.2, -0.15) is 0 Å². The van der Waals surface area contributed by atoms with Gasteiger partial charge in [0.25, 0.3) is 0 Å². The third-order valence-electron chi connectivity index (χ3n) is 4.39. The molecule has 0 aromatic heterocycles. The zero-order valence-corrected chi connectivity index (χ0v) is 13.2. The fraction of sp³-hybridized carbons (Fsp3) is 0.667. The molecule has 2 rings (SSSR count). The molecule has 1 heterocycles. The summed E-state index contributed by atoms with van der Waals surface area (Å²) in [5.74, 6) is 1.09. The molecule has 2 nitrogen and oxygen atoms in total. The maximum absolute atomic E-state index is 5.95. The summed E-state index contributed by atoms with van der Waals surface area (Å²) >= 11 is 0. The van der Waals surface area contributed by atoms with Crippen LogP contribution in [-0.2, 0) is 0 Å². The fourth-order valence-corrected chi connectivity index (χ4v) is 3.16. The van der Waals surface area contributed by atoms with E-state index in [0.717, 1.165) is 12.4 Å². The number of benzene rings is 1. The lowest BCUT2D eigenvalue weighted by atomic mass is 10.1. The highest BCUT2D eigenvalue weighted by Gasteiger charge is 2.12. The first-order valence-corrected chi connectivity index (χ1v) is 8.30. The number of quaternary nitrogens is 1. The third-order valence-corrected chi connectivity index (χ3v) is 4.39. The average Bonchev–Trinajstić information content (AvgIpc) is 2.46. The Bertz CT molecular complexity index is 376. The lowest BCUT2D eigenvalue weighted by Crippen LogP contribution is -3.12. The first-order chi connectivity index (χ1) is 9.77. The number of nitrogens with one attached hydrogen (secondary N) is 1. The van der Waals surface area contributed by atoms with Crippen molar-refractivity contribution in [3.8, 4) is 5.75 Å². The predicted molar refractivity (Wildman–Crippen MR) is 84.7 cm³/mol. The third kappa shape index (κ3) is 4.82. The zero-order valence-electron chi connectivity index (χ0n) is 13.2. The van der Waals surface area contributed by atoms with Crippen molar-refractivity contribution >= 4 is 0 Å². The van der Waals surface area contributed by atoms with Gasteiger partial charge in [0, 0.05) is 0 Å². The molecule has 0 atom stereocenters. The van der Waals surface area contributed by atoms with E-state index in [1.54, 1.807) is 0 Å². The number of aryl methyl sites for hydroxylation is 2. The second kappa shape index (κ2) is 8.31. The minimum absolute atomic E-state index is 0.862. The number of piperidine rings is 1. The van der Waals surface area contributed by atoms with Gasteiger partial charge in [-0.1, -0.05) is 18.2 Å². The Morgan fingerprint density at radius 3 is 2.35 bits per heavy atom. The summed E-state index contributed by atoms with van der Waals surface area (Å²) in [7, 11) is 0. The summed E-state index contributed by atoms with van der Waals surface area (Å²) in [5.41, 5.74) is 2.51. The lowest BCUT2D eigenvalue weighted by molar-refractivity contribution is -0.905. The monoisotopic (exact) mass is 276 g/mol. The molecular weight excluding hydrogens is 246 g/mol. The maximum atomic E-state index is 5.95. The van der Waals surface area contributed by atoms with Gasteiger partial charge >= 0.3 is 0 Å². The van der Waals surface area contributed by atoms with Crippen molar-refractivity contribution in [3.05, 3.63) is 29.3 Å². The van der Waals surface area contributed by atoms with Crippen molar-refractivity contribution in [2.45, 2.75) is 52.4 Å². The standard InChI is InChI=1S/C18H29NO/c1-16-10-9-11-17(2)18(16)20-15-8-4-7-14-19-12-5-3-6-13-19/h9-11H,3-8,12-15H2,1-2H3/p+1. The van der Waals surface area contributed by atoms with Crippen molar-refractivity contribution in [1.82, 2.24) is 0 Å². The van der Waals surface area contributed by atoms with Crippen LogP contribution >= 0.6 is 0 Å². The number of unbranched alkanes of at least 4 members (excludes halogenated alkanes) is 2. The van der Waals surface area contributed by atoms with Crippen LogP contribution in [0.2, 0.25) is 0 Å². The Kier molecular flexibility index (Phi) is 6.38. The van der Waals surface area contributed by atoms with Crippen molar-refractivity contribution in [2.75, 3.05) is 26.2 Å². The van der Waals surface area contributed by atoms with E-state index in [1.165, 1.54) is 69.3 Å². The van der Waals surface area contributed by atoms with E-state index in [4.69, 9.17) is 4.74 Å². The fourth-order valence-electron chi connectivity index (χ4n) is 3.16. The molecule has 0 saturated carbocycles. The maximum Gasteiger partial charge on any atom is 0.125 e. The highest BCUT2D eigenvalue weighted by atomic mass is 16.5. The molecule has 1 aromatic carbocycles. The molecule has 0 amide bonds. The molecule has 0 aliphatic carbocycles. The zero-order chi connectivity index (χ0) is 14.2. The van der Waals surface area contributed by atoms with Gasteiger partial charge in [-0.3, -0.25) is 0 Å². The molecule has 0 bridgehead atoms. The number of likely N-dealkylation sites (tertiary alicyclic amines) is 1. The summed E-state index contributed by atoms with van der Waals surface area (Å²) in [6, 6.07) is 6.35. The molecular formula is C18H30NO+. The highest BCUT2D eigenvalue weighted by Crippen LogP contribution is 2.22. The highest BCUT2D eigenvalue weighted by molar-refractivity contribution is 5.39. The smallest absolute Gasteiger partial charge is 0.125 e. The molecule has 0 radical (unpaired) electrons. The molecule has 1 aliphatic heterocycles. The van der Waals surface area contributed by atoms with Crippen molar-refractivity contribution < 1.29 is 9.64 Å². The Hall–Kier alpha value is -1.02. The lowest BCUT2D eigenvalue weighted by Gasteiger charge is -2.23. The summed E-state index contributed by atoms with van der Waals surface area (Å²) in [5, 5.41) is 0. The van der Waals surface area contributed by atoms with E-state index in [1.807, 2.05) is 4.90 Å². The van der Waals surface area contributed by atoms with Crippen LogP contribution in [0.5, 0.6) is 5.75 Å². The van der Waals surface area contributed by atoms with Crippen LogP contribution in [0.25, 0.3) is 0 Å². The summed E-state index contributed by atoms with van der Waals surface area (Å²) < 4.78 is 5.95. The first kappa shape index (κ1) is 15.4. The van der Waals surface area contributed by atoms with Gasteiger partial charge in [-0.05, 0) is 63.5 Å². The van der Waals surface area contributed by atoms with Gasteiger partial charge in [0.1, 0.15) is 5.75 Å². The summed E-state index contributed by atoms with van der Waals surface area (Å²) in [4.78, 5) is 1.83. The Morgan fingerprint density at radius 1 is 0.950 bits per heavy atom. The molecule has 20 heavy (non-hydrogen) atoms. The van der Waals surface area contributed by atoms with E-state index >= 15 is 0 Å². The average molecular weight is 276 g/mol. The minimum atomic E-state index is 0.862. The van der Waals surface area contributed by atoms with Crippen molar-refractivity contribution in [1.29, 1.82) is 0 Å². The van der Waals surface area contributed by atoms with E-state index in [9.17, 15) is 0 Å². The van der Waals surface area contributed by atoms with Crippen molar-refractivity contribution in [2.24, 2.45) is 0 Å². The SMILES string of the molecule is Cc1cccc(C)c1OCCCCC[NH+]1CCCCC1. The van der Waals surface area contributed by atoms with Gasteiger partial charge < -0.3 is 9.64 Å². The Balaban J connectivity index is 1.57.